The van der Waals surface area contributed by atoms with E-state index in [1.165, 1.54) is 18.1 Å². The summed E-state index contributed by atoms with van der Waals surface area (Å²) in [5.41, 5.74) is 13.7. The van der Waals surface area contributed by atoms with Crippen molar-refractivity contribution in [3.8, 4) is 0 Å². The highest BCUT2D eigenvalue weighted by atomic mass is 35.5. The van der Waals surface area contributed by atoms with Gasteiger partial charge in [0.25, 0.3) is 0 Å². The van der Waals surface area contributed by atoms with Crippen LogP contribution in [0.15, 0.2) is 64.6 Å². The summed E-state index contributed by atoms with van der Waals surface area (Å²) in [6.07, 6.45) is -0.674. The number of carbonyl (C=O) groups excluding carboxylic acids is 3. The van der Waals surface area contributed by atoms with Gasteiger partial charge in [-0.1, -0.05) is 48.0 Å². The number of hydrogen-bond acceptors (Lipinski definition) is 8. The molecule has 0 bridgehead atoms. The van der Waals surface area contributed by atoms with Crippen molar-refractivity contribution in [2.75, 3.05) is 25.5 Å². The fraction of sp³-hybridized carbons (Fsp3) is 0.421. The summed E-state index contributed by atoms with van der Waals surface area (Å²) >= 11 is 7.60. The Bertz CT molecular complexity index is 1940. The Balaban J connectivity index is 1.64. The molecule has 0 fully saturated rings. The van der Waals surface area contributed by atoms with Gasteiger partial charge in [0, 0.05) is 60.0 Å². The van der Waals surface area contributed by atoms with Gasteiger partial charge in [0.1, 0.15) is 11.1 Å². The van der Waals surface area contributed by atoms with E-state index < -0.39 is 41.6 Å². The number of hydrogen-bond donors (Lipinski definition) is 5. The summed E-state index contributed by atoms with van der Waals surface area (Å²) in [5, 5.41) is 7.19. The first-order valence-electron chi connectivity index (χ1n) is 17.6. The molecule has 15 heteroatoms. The highest BCUT2D eigenvalue weighted by molar-refractivity contribution is 7.99. The number of para-hydroxylation sites is 1. The predicted octanol–water partition coefficient (Wildman–Crippen LogP) is 6.62. The van der Waals surface area contributed by atoms with Crippen molar-refractivity contribution < 1.29 is 27.6 Å². The van der Waals surface area contributed by atoms with Crippen LogP contribution in [-0.2, 0) is 33.5 Å². The van der Waals surface area contributed by atoms with Gasteiger partial charge >= 0.3 is 6.18 Å². The third kappa shape index (κ3) is 9.71. The number of aryl methyl sites for hydroxylation is 1. The summed E-state index contributed by atoms with van der Waals surface area (Å²) in [6, 6.07) is 11.0. The van der Waals surface area contributed by atoms with E-state index in [-0.39, 0.29) is 40.7 Å². The average molecular weight is 772 g/mol. The number of fused-ring (bicyclic) bond motifs is 3. The Hall–Kier alpha value is -4.11. The molecule has 0 unspecified atom stereocenters. The molecule has 2 aromatic heterocycles. The van der Waals surface area contributed by atoms with Crippen molar-refractivity contribution in [3.05, 3.63) is 82.1 Å². The van der Waals surface area contributed by atoms with E-state index in [1.807, 2.05) is 31.2 Å². The second kappa shape index (κ2) is 17.8. The molecule has 284 valence electrons. The summed E-state index contributed by atoms with van der Waals surface area (Å²) < 4.78 is 42.2. The number of halogens is 4. The molecule has 5 rings (SSSR count). The smallest absolute Gasteiger partial charge is 0.373 e. The van der Waals surface area contributed by atoms with Gasteiger partial charge in [-0.2, -0.15) is 13.2 Å². The molecule has 1 aliphatic heterocycles. The van der Waals surface area contributed by atoms with E-state index in [0.29, 0.717) is 55.9 Å². The Morgan fingerprint density at radius 3 is 2.51 bits per heavy atom. The Kier molecular flexibility index (Phi) is 13.5. The molecule has 0 saturated heterocycles. The molecule has 2 amide bonds. The van der Waals surface area contributed by atoms with Crippen LogP contribution < -0.4 is 22.1 Å². The topological polar surface area (TPSA) is 159 Å². The molecule has 2 aromatic carbocycles. The van der Waals surface area contributed by atoms with E-state index in [0.717, 1.165) is 46.1 Å². The van der Waals surface area contributed by atoms with Crippen LogP contribution in [0.25, 0.3) is 10.9 Å². The van der Waals surface area contributed by atoms with Crippen molar-refractivity contribution in [3.63, 3.8) is 0 Å². The second-order valence-corrected chi connectivity index (χ2v) is 14.7. The zero-order valence-corrected chi connectivity index (χ0v) is 31.3. The van der Waals surface area contributed by atoms with Crippen LogP contribution >= 0.6 is 23.4 Å². The molecule has 4 aromatic rings. The molecule has 0 radical (unpaired) electrons. The maximum atomic E-state index is 14.5. The fourth-order valence-corrected chi connectivity index (χ4v) is 8.05. The van der Waals surface area contributed by atoms with Gasteiger partial charge in [-0.15, -0.1) is 0 Å². The van der Waals surface area contributed by atoms with E-state index in [1.54, 1.807) is 12.1 Å². The lowest BCUT2D eigenvalue weighted by Crippen LogP contribution is -2.51. The number of H-pyrrole nitrogens is 1. The van der Waals surface area contributed by atoms with Crippen LogP contribution in [0, 0.1) is 12.8 Å². The van der Waals surface area contributed by atoms with Crippen LogP contribution in [0.1, 0.15) is 60.9 Å². The molecule has 1 aliphatic rings. The maximum Gasteiger partial charge on any atom is 0.416 e. The Morgan fingerprint density at radius 1 is 1.02 bits per heavy atom. The molecule has 0 saturated carbocycles. The van der Waals surface area contributed by atoms with Crippen molar-refractivity contribution in [1.82, 2.24) is 20.2 Å². The summed E-state index contributed by atoms with van der Waals surface area (Å²) in [6.45, 7) is 2.31. The first kappa shape index (κ1) is 40.1. The first-order chi connectivity index (χ1) is 25.3. The number of amides is 2. The van der Waals surface area contributed by atoms with Crippen LogP contribution in [0.2, 0.25) is 5.02 Å². The van der Waals surface area contributed by atoms with Gasteiger partial charge in [0.2, 0.25) is 11.8 Å². The van der Waals surface area contributed by atoms with Crippen molar-refractivity contribution in [2.45, 2.75) is 86.6 Å². The largest absolute Gasteiger partial charge is 0.416 e. The average Bonchev–Trinajstić information content (AvgIpc) is 3.45. The number of carbonyl (C=O) groups is 3. The molecule has 0 spiro atoms. The number of aromatic nitrogens is 2. The number of unbranched alkanes of at least 4 members (excludes halogenated alkanes) is 1. The molecule has 3 heterocycles. The number of nitrogens with two attached hydrogens (primary N) is 2. The van der Waals surface area contributed by atoms with Gasteiger partial charge in [0.15, 0.2) is 5.78 Å². The Morgan fingerprint density at radius 2 is 1.77 bits per heavy atom. The summed E-state index contributed by atoms with van der Waals surface area (Å²) in [4.78, 5) is 52.4. The lowest BCUT2D eigenvalue weighted by atomic mass is 9.90. The minimum atomic E-state index is -4.71. The number of nitrogens with zero attached hydrogens (tertiary/aromatic N) is 2. The number of Topliss-reactive ketones (excluding diaryl/α,β-unsaturated/α-hetero) is 1. The zero-order valence-electron chi connectivity index (χ0n) is 29.7. The Labute approximate surface area is 316 Å². The number of pyridine rings is 1. The number of likely N-dealkylation sites (N-methyl/N-ethyl adjacent to an activating group) is 1. The standard InChI is InChI=1S/C38H45ClF3N7O3S/c1-22-27(26-10-3-4-11-29(26)47-22)20-32-35(51)46-21-24-17-25(38(40,41)42)19-28(39)34(24)53-36-31(13-8-16-45-36)48-30(12-7-15-44)33(50)18-23(9-5-6-14-43)37(52)49(32)2/h3-4,8,10-11,13,16-17,19,23,30,32,47-48H,5-7,9,12,14-15,18,20-21,43-44H2,1-2H3,(H,46,51)/t23-,30+,32+/m1/s1. The summed E-state index contributed by atoms with van der Waals surface area (Å²) in [5.74, 6) is -1.94. The lowest BCUT2D eigenvalue weighted by molar-refractivity contribution is -0.143. The fourth-order valence-electron chi connectivity index (χ4n) is 6.73. The minimum Gasteiger partial charge on any atom is -0.373 e. The van der Waals surface area contributed by atoms with Gasteiger partial charge in [-0.05, 0) is 87.2 Å². The molecular weight excluding hydrogens is 727 g/mol. The molecule has 53 heavy (non-hydrogen) atoms. The van der Waals surface area contributed by atoms with E-state index in [2.05, 4.69) is 20.6 Å². The lowest BCUT2D eigenvalue weighted by Gasteiger charge is -2.32. The second-order valence-electron chi connectivity index (χ2n) is 13.3. The predicted molar refractivity (Wildman–Crippen MR) is 202 cm³/mol. The highest BCUT2D eigenvalue weighted by Gasteiger charge is 2.36. The van der Waals surface area contributed by atoms with Crippen LogP contribution in [0.5, 0.6) is 0 Å². The number of alkyl halides is 3. The van der Waals surface area contributed by atoms with Crippen molar-refractivity contribution in [2.24, 2.45) is 17.4 Å². The van der Waals surface area contributed by atoms with Crippen molar-refractivity contribution in [1.29, 1.82) is 0 Å². The quantitative estimate of drug-likeness (QED) is 0.119. The number of ketones is 1. The number of rotatable bonds is 9. The van der Waals surface area contributed by atoms with Gasteiger partial charge in [-0.3, -0.25) is 14.4 Å². The van der Waals surface area contributed by atoms with E-state index >= 15 is 0 Å². The third-order valence-corrected chi connectivity index (χ3v) is 11.2. The molecule has 3 atom stereocenters. The van der Waals surface area contributed by atoms with Gasteiger partial charge in [0.05, 0.1) is 22.3 Å². The SMILES string of the molecule is Cc1[nH]c2ccccc2c1C[C@H]1C(=O)NCc2cc(C(F)(F)F)cc(Cl)c2Sc2ncccc2N[C@@H](CCCN)C(=O)C[C@@H](CCCCN)C(=O)N1C. The number of aromatic amines is 1. The van der Waals surface area contributed by atoms with Crippen LogP contribution in [0.3, 0.4) is 0 Å². The summed E-state index contributed by atoms with van der Waals surface area (Å²) in [7, 11) is 1.54. The normalized spacial score (nSPS) is 19.1. The number of benzene rings is 2. The third-order valence-electron chi connectivity index (χ3n) is 9.63. The van der Waals surface area contributed by atoms with Crippen LogP contribution in [0.4, 0.5) is 18.9 Å². The van der Waals surface area contributed by atoms with E-state index in [4.69, 9.17) is 23.1 Å². The van der Waals surface area contributed by atoms with E-state index in [9.17, 15) is 27.6 Å². The highest BCUT2D eigenvalue weighted by Crippen LogP contribution is 2.42. The van der Waals surface area contributed by atoms with Crippen molar-refractivity contribution >= 4 is 57.6 Å². The molecule has 10 nitrogen and oxygen atoms in total. The molecular formula is C38H45ClF3N7O3S. The zero-order chi connectivity index (χ0) is 38.3. The molecule has 0 aliphatic carbocycles. The molecule has 7 N–H and O–H groups in total. The number of nitrogens with one attached hydrogen (secondary N) is 3. The van der Waals surface area contributed by atoms with Gasteiger partial charge < -0.3 is 32.0 Å². The minimum absolute atomic E-state index is 0.0892. The number of anilines is 1. The monoisotopic (exact) mass is 771 g/mol. The first-order valence-corrected chi connectivity index (χ1v) is 18.8. The maximum absolute atomic E-state index is 14.5. The van der Waals surface area contributed by atoms with Gasteiger partial charge in [-0.25, -0.2) is 4.98 Å². The van der Waals surface area contributed by atoms with Crippen LogP contribution in [-0.4, -0.2) is 64.7 Å².